The SMILES string of the molecule is O=S1(=O)C[C@@H]2N=C(Nc3c(Cl)cccc3Cl)S[C@@H]2C1. The average Bonchev–Trinajstić information content (AvgIpc) is 2.76. The van der Waals surface area contributed by atoms with E-state index in [1.165, 1.54) is 11.8 Å². The molecule has 2 aliphatic rings. The molecule has 0 amide bonds. The van der Waals surface area contributed by atoms with Crippen LogP contribution in [0.2, 0.25) is 10.0 Å². The quantitative estimate of drug-likeness (QED) is 0.856. The Kier molecular flexibility index (Phi) is 3.45. The Morgan fingerprint density at radius 1 is 1.26 bits per heavy atom. The number of nitrogens with one attached hydrogen (secondary N) is 1. The van der Waals surface area contributed by atoms with Crippen molar-refractivity contribution >= 4 is 55.7 Å². The highest BCUT2D eigenvalue weighted by molar-refractivity contribution is 8.15. The van der Waals surface area contributed by atoms with Gasteiger partial charge in [-0.15, -0.1) is 0 Å². The van der Waals surface area contributed by atoms with Crippen LogP contribution in [0.25, 0.3) is 0 Å². The summed E-state index contributed by atoms with van der Waals surface area (Å²) in [5.74, 6) is 0.319. The van der Waals surface area contributed by atoms with Gasteiger partial charge >= 0.3 is 0 Å². The molecule has 19 heavy (non-hydrogen) atoms. The van der Waals surface area contributed by atoms with E-state index in [1.807, 2.05) is 0 Å². The summed E-state index contributed by atoms with van der Waals surface area (Å²) in [4.78, 5) is 4.40. The van der Waals surface area contributed by atoms with Crippen molar-refractivity contribution in [3.63, 3.8) is 0 Å². The third-order valence-electron chi connectivity index (χ3n) is 3.01. The summed E-state index contributed by atoms with van der Waals surface area (Å²) in [7, 11) is -2.93. The second-order valence-electron chi connectivity index (χ2n) is 4.46. The van der Waals surface area contributed by atoms with Crippen molar-refractivity contribution in [1.29, 1.82) is 0 Å². The Morgan fingerprint density at radius 3 is 2.58 bits per heavy atom. The summed E-state index contributed by atoms with van der Waals surface area (Å²) in [5, 5.41) is 4.80. The average molecular weight is 337 g/mol. The van der Waals surface area contributed by atoms with Crippen LogP contribution in [0.15, 0.2) is 23.2 Å². The van der Waals surface area contributed by atoms with Crippen molar-refractivity contribution in [3.8, 4) is 0 Å². The summed E-state index contributed by atoms with van der Waals surface area (Å²) in [6.45, 7) is 0. The third kappa shape index (κ3) is 2.72. The summed E-state index contributed by atoms with van der Waals surface area (Å²) in [6, 6.07) is 5.09. The van der Waals surface area contributed by atoms with Gasteiger partial charge in [0.1, 0.15) is 0 Å². The minimum Gasteiger partial charge on any atom is -0.333 e. The summed E-state index contributed by atoms with van der Waals surface area (Å²) >= 11 is 13.6. The number of anilines is 1. The molecule has 102 valence electrons. The highest BCUT2D eigenvalue weighted by atomic mass is 35.5. The molecule has 0 saturated carbocycles. The van der Waals surface area contributed by atoms with Gasteiger partial charge < -0.3 is 5.32 Å². The van der Waals surface area contributed by atoms with Gasteiger partial charge in [-0.05, 0) is 12.1 Å². The van der Waals surface area contributed by atoms with Gasteiger partial charge in [-0.1, -0.05) is 41.0 Å². The fourth-order valence-corrected chi connectivity index (χ4v) is 6.29. The molecule has 2 aliphatic heterocycles. The fourth-order valence-electron chi connectivity index (χ4n) is 2.14. The monoisotopic (exact) mass is 336 g/mol. The summed E-state index contributed by atoms with van der Waals surface area (Å²) in [6.07, 6.45) is 0. The van der Waals surface area contributed by atoms with Crippen LogP contribution in [0.1, 0.15) is 0 Å². The lowest BCUT2D eigenvalue weighted by atomic mass is 10.3. The number of benzene rings is 1. The van der Waals surface area contributed by atoms with Crippen molar-refractivity contribution < 1.29 is 8.42 Å². The smallest absolute Gasteiger partial charge is 0.161 e. The number of halogens is 2. The lowest BCUT2D eigenvalue weighted by Crippen LogP contribution is -2.13. The number of hydrogen-bond acceptors (Lipinski definition) is 5. The number of sulfone groups is 1. The minimum atomic E-state index is -2.93. The van der Waals surface area contributed by atoms with Crippen LogP contribution in [0.5, 0.6) is 0 Å². The number of hydrogen-bond donors (Lipinski definition) is 1. The Labute approximate surface area is 125 Å². The number of aliphatic imine (C=N–C) groups is 1. The van der Waals surface area contributed by atoms with E-state index >= 15 is 0 Å². The van der Waals surface area contributed by atoms with Crippen LogP contribution in [0, 0.1) is 0 Å². The maximum Gasteiger partial charge on any atom is 0.161 e. The summed E-state index contributed by atoms with van der Waals surface area (Å²) in [5.41, 5.74) is 0.611. The third-order valence-corrected chi connectivity index (χ3v) is 6.78. The van der Waals surface area contributed by atoms with Crippen molar-refractivity contribution in [2.24, 2.45) is 4.99 Å². The van der Waals surface area contributed by atoms with Gasteiger partial charge in [-0.3, -0.25) is 4.99 Å². The molecule has 0 aliphatic carbocycles. The molecule has 0 radical (unpaired) electrons. The molecule has 8 heteroatoms. The molecule has 0 aromatic heterocycles. The zero-order valence-corrected chi connectivity index (χ0v) is 12.8. The topological polar surface area (TPSA) is 58.5 Å². The molecule has 0 unspecified atom stereocenters. The van der Waals surface area contributed by atoms with Gasteiger partial charge in [0.15, 0.2) is 15.0 Å². The molecule has 1 aromatic rings. The van der Waals surface area contributed by atoms with E-state index in [2.05, 4.69) is 10.3 Å². The first-order valence-corrected chi connectivity index (χ1v) is 9.06. The van der Waals surface area contributed by atoms with Crippen LogP contribution in [-0.2, 0) is 9.84 Å². The molecule has 2 heterocycles. The van der Waals surface area contributed by atoms with Crippen molar-refractivity contribution in [3.05, 3.63) is 28.2 Å². The maximum atomic E-state index is 11.5. The Bertz CT molecular complexity index is 640. The van der Waals surface area contributed by atoms with E-state index < -0.39 is 9.84 Å². The van der Waals surface area contributed by atoms with Crippen LogP contribution >= 0.6 is 35.0 Å². The second kappa shape index (κ2) is 4.84. The molecule has 3 rings (SSSR count). The van der Waals surface area contributed by atoms with Crippen LogP contribution in [-0.4, -0.2) is 36.4 Å². The number of fused-ring (bicyclic) bond motifs is 1. The van der Waals surface area contributed by atoms with E-state index in [4.69, 9.17) is 23.2 Å². The van der Waals surface area contributed by atoms with Gasteiger partial charge in [-0.2, -0.15) is 0 Å². The molecule has 1 saturated heterocycles. The van der Waals surface area contributed by atoms with Crippen molar-refractivity contribution in [2.75, 3.05) is 16.8 Å². The van der Waals surface area contributed by atoms with Crippen LogP contribution in [0.4, 0.5) is 5.69 Å². The van der Waals surface area contributed by atoms with Gasteiger partial charge in [0.05, 0.1) is 33.3 Å². The molecule has 0 bridgehead atoms. The molecule has 0 spiro atoms. The number of rotatable bonds is 1. The molecule has 4 nitrogen and oxygen atoms in total. The molecular weight excluding hydrogens is 327 g/mol. The van der Waals surface area contributed by atoms with Crippen LogP contribution in [0.3, 0.4) is 0 Å². The van der Waals surface area contributed by atoms with E-state index in [0.717, 1.165) is 0 Å². The standard InChI is InChI=1S/C11H10Cl2N2O2S2/c12-6-2-1-3-7(13)10(6)15-11-14-8-4-19(16,17)5-9(8)18-11/h1-3,8-9H,4-5H2,(H,14,15)/t8-,9+/m0/s1. The first-order chi connectivity index (χ1) is 8.94. The predicted molar refractivity (Wildman–Crippen MR) is 81.3 cm³/mol. The van der Waals surface area contributed by atoms with E-state index in [1.54, 1.807) is 18.2 Å². The molecule has 2 atom stereocenters. The Morgan fingerprint density at radius 2 is 1.95 bits per heavy atom. The Balaban J connectivity index is 1.80. The zero-order valence-electron chi connectivity index (χ0n) is 9.64. The van der Waals surface area contributed by atoms with Crippen molar-refractivity contribution in [2.45, 2.75) is 11.3 Å². The van der Waals surface area contributed by atoms with Gasteiger partial charge in [0, 0.05) is 5.25 Å². The van der Waals surface area contributed by atoms with E-state index in [0.29, 0.717) is 20.9 Å². The normalized spacial score (nSPS) is 28.0. The highest BCUT2D eigenvalue weighted by Crippen LogP contribution is 2.37. The van der Waals surface area contributed by atoms with Crippen LogP contribution < -0.4 is 5.32 Å². The van der Waals surface area contributed by atoms with E-state index in [9.17, 15) is 8.42 Å². The van der Waals surface area contributed by atoms with Gasteiger partial charge in [0.2, 0.25) is 0 Å². The van der Waals surface area contributed by atoms with Crippen molar-refractivity contribution in [1.82, 2.24) is 0 Å². The minimum absolute atomic E-state index is 0.00811. The second-order valence-corrected chi connectivity index (χ2v) is 8.65. The number of thioether (sulfide) groups is 1. The van der Waals surface area contributed by atoms with E-state index in [-0.39, 0.29) is 22.8 Å². The zero-order chi connectivity index (χ0) is 13.6. The lowest BCUT2D eigenvalue weighted by Gasteiger charge is -2.10. The first-order valence-electron chi connectivity index (χ1n) is 5.60. The largest absolute Gasteiger partial charge is 0.333 e. The maximum absolute atomic E-state index is 11.5. The molecule has 1 fully saturated rings. The highest BCUT2D eigenvalue weighted by Gasteiger charge is 2.42. The Hall–Kier alpha value is -0.430. The predicted octanol–water partition coefficient (Wildman–Crippen LogP) is 2.67. The molecular formula is C11H10Cl2N2O2S2. The fraction of sp³-hybridized carbons (Fsp3) is 0.364. The number of amidine groups is 1. The molecule has 1 N–H and O–H groups in total. The molecule has 1 aromatic carbocycles. The first kappa shape index (κ1) is 13.5. The number of nitrogens with zero attached hydrogens (tertiary/aromatic N) is 1. The summed E-state index contributed by atoms with van der Waals surface area (Å²) < 4.78 is 22.9. The van der Waals surface area contributed by atoms with Gasteiger partial charge in [-0.25, -0.2) is 8.42 Å². The lowest BCUT2D eigenvalue weighted by molar-refractivity contribution is 0.601. The van der Waals surface area contributed by atoms with Gasteiger partial charge in [0.25, 0.3) is 0 Å². The number of para-hydroxylation sites is 1.